The maximum absolute atomic E-state index is 14.2. The normalized spacial score (nSPS) is 14.8. The van der Waals surface area contributed by atoms with Crippen LogP contribution in [0.1, 0.15) is 66.9 Å². The predicted molar refractivity (Wildman–Crippen MR) is 136 cm³/mol. The minimum absolute atomic E-state index is 0.0371. The van der Waals surface area contributed by atoms with E-state index < -0.39 is 36.3 Å². The number of halogens is 2. The van der Waals surface area contributed by atoms with Crippen LogP contribution in [-0.2, 0) is 13.0 Å². The van der Waals surface area contributed by atoms with Gasteiger partial charge in [-0.1, -0.05) is 25.5 Å². The molecule has 0 spiro atoms. The Morgan fingerprint density at radius 1 is 1.16 bits per heavy atom. The average Bonchev–Trinajstić information content (AvgIpc) is 3.27. The van der Waals surface area contributed by atoms with Gasteiger partial charge in [0, 0.05) is 18.7 Å². The van der Waals surface area contributed by atoms with Gasteiger partial charge in [0.15, 0.2) is 17.2 Å². The van der Waals surface area contributed by atoms with Crippen LogP contribution < -0.4 is 15.4 Å². The highest BCUT2D eigenvalue weighted by Crippen LogP contribution is 2.31. The molecule has 1 aromatic carbocycles. The van der Waals surface area contributed by atoms with Crippen LogP contribution in [0, 0.1) is 11.6 Å². The minimum atomic E-state index is -1.38. The molecule has 2 aromatic rings. The lowest BCUT2D eigenvalue weighted by Gasteiger charge is -2.28. The van der Waals surface area contributed by atoms with Gasteiger partial charge in [0.1, 0.15) is 11.6 Å². The highest BCUT2D eigenvalue weighted by molar-refractivity contribution is 7.11. The van der Waals surface area contributed by atoms with Crippen LogP contribution in [0.25, 0.3) is 0 Å². The van der Waals surface area contributed by atoms with E-state index in [2.05, 4.69) is 19.9 Å². The van der Waals surface area contributed by atoms with Gasteiger partial charge < -0.3 is 25.2 Å². The number of unbranched alkanes of at least 4 members (excludes halogenated alkanes) is 1. The van der Waals surface area contributed by atoms with E-state index >= 15 is 0 Å². The van der Waals surface area contributed by atoms with E-state index in [0.29, 0.717) is 43.9 Å². The van der Waals surface area contributed by atoms with Crippen molar-refractivity contribution in [2.24, 2.45) is 0 Å². The largest absolute Gasteiger partial charge is 0.477 e. The molecule has 0 aliphatic carbocycles. The van der Waals surface area contributed by atoms with Gasteiger partial charge in [-0.15, -0.1) is 0 Å². The average molecular weight is 541 g/mol. The van der Waals surface area contributed by atoms with E-state index in [-0.39, 0.29) is 27.6 Å². The second kappa shape index (κ2) is 14.2. The molecule has 0 radical (unpaired) electrons. The number of β-amino-alcohol motifs (C(OH)–C–C–N with tert-alkyl or cyclic N) is 1. The van der Waals surface area contributed by atoms with Crippen molar-refractivity contribution in [3.63, 3.8) is 0 Å². The lowest BCUT2D eigenvalue weighted by Crippen LogP contribution is -2.36. The zero-order valence-corrected chi connectivity index (χ0v) is 21.7. The van der Waals surface area contributed by atoms with Crippen molar-refractivity contribution in [2.75, 3.05) is 31.5 Å². The summed E-state index contributed by atoms with van der Waals surface area (Å²) in [7, 11) is 0. The third kappa shape index (κ3) is 8.34. The molecule has 204 valence electrons. The summed E-state index contributed by atoms with van der Waals surface area (Å²) in [6.07, 6.45) is 5.58. The molecule has 1 aliphatic rings. The van der Waals surface area contributed by atoms with E-state index in [9.17, 15) is 28.6 Å². The summed E-state index contributed by atoms with van der Waals surface area (Å²) in [5.74, 6) is -3.69. The lowest BCUT2D eigenvalue weighted by atomic mass is 10.1. The summed E-state index contributed by atoms with van der Waals surface area (Å²) < 4.78 is 37.5. The molecule has 1 fully saturated rings. The Morgan fingerprint density at radius 2 is 1.86 bits per heavy atom. The van der Waals surface area contributed by atoms with E-state index in [1.165, 1.54) is 31.4 Å². The van der Waals surface area contributed by atoms with Crippen LogP contribution in [0.15, 0.2) is 12.1 Å². The number of hydrogen-bond acceptors (Lipinski definition) is 7. The number of amides is 2. The summed E-state index contributed by atoms with van der Waals surface area (Å²) in [4.78, 5) is 26.3. The van der Waals surface area contributed by atoms with Gasteiger partial charge in [-0.05, 0) is 68.7 Å². The predicted octanol–water partition coefficient (Wildman–Crippen LogP) is 4.40. The topological polar surface area (TPSA) is 124 Å². The number of carboxylic acid groups (broad SMARTS) is 1. The number of aliphatic hydroxyl groups excluding tert-OH is 1. The fourth-order valence-corrected chi connectivity index (χ4v) is 4.92. The number of carbonyl (C=O) groups is 2. The number of nitrogens with one attached hydrogen (secondary N) is 2. The first kappa shape index (κ1) is 28.7. The van der Waals surface area contributed by atoms with Gasteiger partial charge in [0.2, 0.25) is 5.88 Å². The molecule has 1 saturated heterocycles. The van der Waals surface area contributed by atoms with Gasteiger partial charge in [-0.25, -0.2) is 18.4 Å². The number of aliphatic hydroxyl groups is 1. The maximum Gasteiger partial charge on any atom is 0.344 e. The summed E-state index contributed by atoms with van der Waals surface area (Å²) in [5.41, 5.74) is -0.216. The number of urea groups is 1. The molecule has 2 heterocycles. The van der Waals surface area contributed by atoms with E-state index in [4.69, 9.17) is 4.74 Å². The van der Waals surface area contributed by atoms with Gasteiger partial charge in [0.05, 0.1) is 6.10 Å². The lowest BCUT2D eigenvalue weighted by molar-refractivity contribution is 0.0692. The van der Waals surface area contributed by atoms with Crippen LogP contribution in [0.2, 0.25) is 0 Å². The Morgan fingerprint density at radius 3 is 2.57 bits per heavy atom. The van der Waals surface area contributed by atoms with E-state index in [1.54, 1.807) is 6.92 Å². The maximum atomic E-state index is 14.2. The first-order valence-corrected chi connectivity index (χ1v) is 13.3. The van der Waals surface area contributed by atoms with Gasteiger partial charge in [-0.3, -0.25) is 5.32 Å². The van der Waals surface area contributed by atoms with Crippen molar-refractivity contribution in [1.82, 2.24) is 14.6 Å². The number of aryl methyl sites for hydroxylation is 1. The zero-order valence-electron chi connectivity index (χ0n) is 20.9. The standard InChI is InChI=1S/C25H34F2N4O5S/c1-2-16-9-10-17(21(27)20(16)26)15-36-22-19(24(33)34)23(37-30-22)29-25(35)28-11-5-4-8-18(32)14-31-12-6-3-7-13-31/h9-10,18,32H,2-8,11-15H2,1H3,(H,33,34)(H2,28,29,35). The Kier molecular flexibility index (Phi) is 11.0. The Labute approximate surface area is 219 Å². The zero-order chi connectivity index (χ0) is 26.8. The highest BCUT2D eigenvalue weighted by Gasteiger charge is 2.24. The molecular formula is C25H34F2N4O5S. The van der Waals surface area contributed by atoms with Crippen LogP contribution in [0.3, 0.4) is 0 Å². The third-order valence-corrected chi connectivity index (χ3v) is 7.00. The van der Waals surface area contributed by atoms with Gasteiger partial charge >= 0.3 is 12.0 Å². The number of carboxylic acids is 1. The molecule has 1 aliphatic heterocycles. The Bertz CT molecular complexity index is 1060. The summed E-state index contributed by atoms with van der Waals surface area (Å²) in [6, 6.07) is 2.22. The molecule has 2 amide bonds. The number of rotatable bonds is 13. The number of benzene rings is 1. The van der Waals surface area contributed by atoms with E-state index in [1.807, 2.05) is 0 Å². The van der Waals surface area contributed by atoms with Gasteiger partial charge in [0.25, 0.3) is 0 Å². The highest BCUT2D eigenvalue weighted by atomic mass is 32.1. The summed E-state index contributed by atoms with van der Waals surface area (Å²) in [6.45, 7) is 4.37. The summed E-state index contributed by atoms with van der Waals surface area (Å²) in [5, 5.41) is 24.9. The molecule has 1 unspecified atom stereocenters. The molecule has 1 aromatic heterocycles. The quantitative estimate of drug-likeness (QED) is 0.278. The number of aromatic nitrogens is 1. The molecule has 9 nitrogen and oxygen atoms in total. The fourth-order valence-electron chi connectivity index (χ4n) is 4.19. The molecule has 0 saturated carbocycles. The van der Waals surface area contributed by atoms with Crippen molar-refractivity contribution >= 4 is 28.5 Å². The molecule has 1 atom stereocenters. The first-order chi connectivity index (χ1) is 17.8. The third-order valence-electron chi connectivity index (χ3n) is 6.26. The van der Waals surface area contributed by atoms with Crippen molar-refractivity contribution in [2.45, 2.75) is 64.6 Å². The number of likely N-dealkylation sites (tertiary alicyclic amines) is 1. The second-order valence-corrected chi connectivity index (χ2v) is 9.82. The van der Waals surface area contributed by atoms with Crippen molar-refractivity contribution in [3.8, 4) is 5.88 Å². The number of anilines is 1. The molecule has 0 bridgehead atoms. The number of ether oxygens (including phenoxy) is 1. The van der Waals surface area contributed by atoms with Crippen LogP contribution in [0.5, 0.6) is 5.88 Å². The fraction of sp³-hybridized carbons (Fsp3) is 0.560. The molecule has 3 rings (SSSR count). The SMILES string of the molecule is CCc1ccc(COc2nsc(NC(=O)NCCCCC(O)CN3CCCCC3)c2C(=O)O)c(F)c1F. The van der Waals surface area contributed by atoms with Crippen molar-refractivity contribution in [3.05, 3.63) is 40.5 Å². The van der Waals surface area contributed by atoms with Crippen molar-refractivity contribution in [1.29, 1.82) is 0 Å². The number of aromatic carboxylic acids is 1. The Balaban J connectivity index is 1.44. The van der Waals surface area contributed by atoms with Crippen LogP contribution >= 0.6 is 11.5 Å². The van der Waals surface area contributed by atoms with Gasteiger partial charge in [-0.2, -0.15) is 4.37 Å². The number of nitrogens with zero attached hydrogens (tertiary/aromatic N) is 2. The number of carbonyl (C=O) groups excluding carboxylic acids is 1. The Hall–Kier alpha value is -2.83. The second-order valence-electron chi connectivity index (χ2n) is 9.04. The number of hydrogen-bond donors (Lipinski definition) is 4. The van der Waals surface area contributed by atoms with Crippen LogP contribution in [-0.4, -0.2) is 63.8 Å². The minimum Gasteiger partial charge on any atom is -0.477 e. The summed E-state index contributed by atoms with van der Waals surface area (Å²) >= 11 is 0.712. The van der Waals surface area contributed by atoms with E-state index in [0.717, 1.165) is 19.5 Å². The molecule has 12 heteroatoms. The smallest absolute Gasteiger partial charge is 0.344 e. The van der Waals surface area contributed by atoms with Crippen LogP contribution in [0.4, 0.5) is 18.6 Å². The molecule has 4 N–H and O–H groups in total. The number of piperidine rings is 1. The molecule has 37 heavy (non-hydrogen) atoms. The van der Waals surface area contributed by atoms with Crippen molar-refractivity contribution < 1.29 is 33.3 Å². The molecular weight excluding hydrogens is 506 g/mol. The monoisotopic (exact) mass is 540 g/mol. The first-order valence-electron chi connectivity index (χ1n) is 12.6.